The van der Waals surface area contributed by atoms with Crippen molar-refractivity contribution in [3.05, 3.63) is 38.4 Å². The van der Waals surface area contributed by atoms with Crippen LogP contribution in [0.15, 0.2) is 22.7 Å². The number of nitrogens with zero attached hydrogens (tertiary/aromatic N) is 1. The third-order valence-electron chi connectivity index (χ3n) is 2.29. The first kappa shape index (κ1) is 13.4. The molecule has 94 valence electrons. The van der Waals surface area contributed by atoms with Crippen molar-refractivity contribution >= 4 is 45.1 Å². The first-order chi connectivity index (χ1) is 8.54. The number of rotatable bonds is 2. The number of aromatic amines is 1. The Morgan fingerprint density at radius 2 is 2.11 bits per heavy atom. The summed E-state index contributed by atoms with van der Waals surface area (Å²) in [6, 6.07) is 5.10. The number of esters is 1. The van der Waals surface area contributed by atoms with Crippen LogP contribution < -0.4 is 0 Å². The monoisotopic (exact) mass is 348 g/mol. The summed E-state index contributed by atoms with van der Waals surface area (Å²) in [6.45, 7) is 0. The minimum absolute atomic E-state index is 0.249. The highest BCUT2D eigenvalue weighted by molar-refractivity contribution is 9.10. The summed E-state index contributed by atoms with van der Waals surface area (Å²) < 4.78 is 5.14. The lowest BCUT2D eigenvalue weighted by atomic mass is 10.1. The molecule has 0 spiro atoms. The molecule has 1 heterocycles. The summed E-state index contributed by atoms with van der Waals surface area (Å²) in [6.07, 6.45) is 0. The van der Waals surface area contributed by atoms with Crippen molar-refractivity contribution < 1.29 is 9.53 Å². The third-order valence-corrected chi connectivity index (χ3v) is 3.80. The van der Waals surface area contributed by atoms with Gasteiger partial charge in [-0.15, -0.1) is 0 Å². The summed E-state index contributed by atoms with van der Waals surface area (Å²) >= 11 is 15.1. The molecule has 4 nitrogen and oxygen atoms in total. The number of carbonyl (C=O) groups is 1. The Balaban J connectivity index is 2.48. The fraction of sp³-hybridized carbons (Fsp3) is 0.0909. The zero-order chi connectivity index (χ0) is 13.3. The largest absolute Gasteiger partial charge is 0.464 e. The molecule has 18 heavy (non-hydrogen) atoms. The van der Waals surface area contributed by atoms with Crippen LogP contribution >= 0.6 is 39.1 Å². The van der Waals surface area contributed by atoms with Crippen molar-refractivity contribution in [3.63, 3.8) is 0 Å². The maximum atomic E-state index is 11.4. The molecule has 0 radical (unpaired) electrons. The molecule has 0 saturated carbocycles. The quantitative estimate of drug-likeness (QED) is 0.835. The predicted molar refractivity (Wildman–Crippen MR) is 73.1 cm³/mol. The standard InChI is InChI=1S/C11H7BrCl2N2O2/c1-18-11(17)10-8(12)9(15-16-10)5-2-3-6(13)7(14)4-5/h2-4H,1H3,(H,15,16). The van der Waals surface area contributed by atoms with Crippen LogP contribution in [-0.2, 0) is 4.74 Å². The zero-order valence-corrected chi connectivity index (χ0v) is 12.2. The number of benzene rings is 1. The Labute approximate surface area is 121 Å². The molecule has 2 rings (SSSR count). The van der Waals surface area contributed by atoms with E-state index in [2.05, 4.69) is 30.9 Å². The second kappa shape index (κ2) is 5.30. The average molecular weight is 350 g/mol. The van der Waals surface area contributed by atoms with Gasteiger partial charge in [-0.25, -0.2) is 4.79 Å². The van der Waals surface area contributed by atoms with Gasteiger partial charge >= 0.3 is 5.97 Å². The van der Waals surface area contributed by atoms with Gasteiger partial charge in [0.15, 0.2) is 5.69 Å². The van der Waals surface area contributed by atoms with Gasteiger partial charge in [-0.1, -0.05) is 29.3 Å². The number of ether oxygens (including phenoxy) is 1. The highest BCUT2D eigenvalue weighted by atomic mass is 79.9. The average Bonchev–Trinajstić information content (AvgIpc) is 2.74. The van der Waals surface area contributed by atoms with Crippen molar-refractivity contribution in [2.24, 2.45) is 0 Å². The molecule has 0 amide bonds. The number of carbonyl (C=O) groups excluding carboxylic acids is 1. The van der Waals surface area contributed by atoms with Crippen LogP contribution in [0.4, 0.5) is 0 Å². The maximum Gasteiger partial charge on any atom is 0.357 e. The van der Waals surface area contributed by atoms with Crippen LogP contribution in [-0.4, -0.2) is 23.3 Å². The SMILES string of the molecule is COC(=O)c1[nH]nc(-c2ccc(Cl)c(Cl)c2)c1Br. The minimum Gasteiger partial charge on any atom is -0.464 e. The highest BCUT2D eigenvalue weighted by Gasteiger charge is 2.19. The summed E-state index contributed by atoms with van der Waals surface area (Å²) in [5.74, 6) is -0.499. The van der Waals surface area contributed by atoms with Crippen molar-refractivity contribution in [1.29, 1.82) is 0 Å². The molecule has 0 saturated heterocycles. The fourth-order valence-electron chi connectivity index (χ4n) is 1.40. The highest BCUT2D eigenvalue weighted by Crippen LogP contribution is 2.33. The molecular formula is C11H7BrCl2N2O2. The van der Waals surface area contributed by atoms with E-state index < -0.39 is 5.97 Å². The van der Waals surface area contributed by atoms with Crippen LogP contribution in [0, 0.1) is 0 Å². The van der Waals surface area contributed by atoms with Crippen LogP contribution in [0.2, 0.25) is 10.0 Å². The van der Waals surface area contributed by atoms with E-state index in [1.807, 2.05) is 0 Å². The molecule has 0 bridgehead atoms. The second-order valence-corrected chi connectivity index (χ2v) is 4.99. The normalized spacial score (nSPS) is 10.4. The van der Waals surface area contributed by atoms with Gasteiger partial charge in [0.25, 0.3) is 0 Å². The Morgan fingerprint density at radius 1 is 1.39 bits per heavy atom. The molecule has 1 aromatic heterocycles. The van der Waals surface area contributed by atoms with Crippen molar-refractivity contribution in [1.82, 2.24) is 10.2 Å². The van der Waals surface area contributed by atoms with Crippen LogP contribution in [0.1, 0.15) is 10.5 Å². The van der Waals surface area contributed by atoms with Gasteiger partial charge in [0, 0.05) is 5.56 Å². The molecular weight excluding hydrogens is 343 g/mol. The summed E-state index contributed by atoms with van der Waals surface area (Å²) in [5.41, 5.74) is 1.55. The van der Waals surface area contributed by atoms with E-state index in [9.17, 15) is 4.79 Å². The number of nitrogens with one attached hydrogen (secondary N) is 1. The van der Waals surface area contributed by atoms with Crippen LogP contribution in [0.5, 0.6) is 0 Å². The summed E-state index contributed by atoms with van der Waals surface area (Å²) in [5, 5.41) is 7.54. The number of hydrogen-bond donors (Lipinski definition) is 1. The van der Waals surface area contributed by atoms with Crippen LogP contribution in [0.3, 0.4) is 0 Å². The zero-order valence-electron chi connectivity index (χ0n) is 9.13. The van der Waals surface area contributed by atoms with E-state index in [1.165, 1.54) is 7.11 Å². The van der Waals surface area contributed by atoms with Gasteiger partial charge in [-0.3, -0.25) is 5.10 Å². The Hall–Kier alpha value is -1.04. The van der Waals surface area contributed by atoms with Gasteiger partial charge in [-0.2, -0.15) is 5.10 Å². The lowest BCUT2D eigenvalue weighted by Gasteiger charge is -2.01. The van der Waals surface area contributed by atoms with Gasteiger partial charge < -0.3 is 4.74 Å². The maximum absolute atomic E-state index is 11.4. The summed E-state index contributed by atoms with van der Waals surface area (Å²) in [7, 11) is 1.30. The first-order valence-corrected chi connectivity index (χ1v) is 6.37. The Morgan fingerprint density at radius 3 is 2.72 bits per heavy atom. The van der Waals surface area contributed by atoms with Gasteiger partial charge in [0.1, 0.15) is 5.69 Å². The molecule has 7 heteroatoms. The number of H-pyrrole nitrogens is 1. The lowest BCUT2D eigenvalue weighted by Crippen LogP contribution is -2.02. The molecule has 1 N–H and O–H groups in total. The van der Waals surface area contributed by atoms with Crippen molar-refractivity contribution in [2.45, 2.75) is 0 Å². The Bertz CT molecular complexity index is 613. The summed E-state index contributed by atoms with van der Waals surface area (Å²) in [4.78, 5) is 11.4. The fourth-order valence-corrected chi connectivity index (χ4v) is 2.27. The molecule has 0 fully saturated rings. The third kappa shape index (κ3) is 2.39. The van der Waals surface area contributed by atoms with E-state index in [4.69, 9.17) is 23.2 Å². The predicted octanol–water partition coefficient (Wildman–Crippen LogP) is 3.93. The lowest BCUT2D eigenvalue weighted by molar-refractivity contribution is 0.0593. The van der Waals surface area contributed by atoms with E-state index >= 15 is 0 Å². The molecule has 0 aliphatic rings. The van der Waals surface area contributed by atoms with E-state index in [1.54, 1.807) is 18.2 Å². The topological polar surface area (TPSA) is 55.0 Å². The number of aromatic nitrogens is 2. The number of hydrogen-bond acceptors (Lipinski definition) is 3. The van der Waals surface area contributed by atoms with Crippen molar-refractivity contribution in [2.75, 3.05) is 7.11 Å². The number of methoxy groups -OCH3 is 1. The Kier molecular flexibility index (Phi) is 3.94. The molecule has 1 aromatic carbocycles. The van der Waals surface area contributed by atoms with Gasteiger partial charge in [0.2, 0.25) is 0 Å². The van der Waals surface area contributed by atoms with Gasteiger partial charge in [-0.05, 0) is 28.1 Å². The van der Waals surface area contributed by atoms with E-state index in [0.717, 1.165) is 5.56 Å². The molecule has 0 atom stereocenters. The smallest absolute Gasteiger partial charge is 0.357 e. The minimum atomic E-state index is -0.499. The molecule has 0 aliphatic heterocycles. The van der Waals surface area contributed by atoms with Crippen molar-refractivity contribution in [3.8, 4) is 11.3 Å². The number of halogens is 3. The van der Waals surface area contributed by atoms with Crippen LogP contribution in [0.25, 0.3) is 11.3 Å². The molecule has 0 unspecified atom stereocenters. The molecule has 0 aliphatic carbocycles. The second-order valence-electron chi connectivity index (χ2n) is 3.38. The van der Waals surface area contributed by atoms with E-state index in [0.29, 0.717) is 20.2 Å². The molecule has 2 aromatic rings. The van der Waals surface area contributed by atoms with E-state index in [-0.39, 0.29) is 5.69 Å². The van der Waals surface area contributed by atoms with Gasteiger partial charge in [0.05, 0.1) is 21.6 Å². The first-order valence-electron chi connectivity index (χ1n) is 4.82.